The van der Waals surface area contributed by atoms with Crippen LogP contribution in [0.1, 0.15) is 78.4 Å². The molecule has 0 unspecified atom stereocenters. The van der Waals surface area contributed by atoms with E-state index >= 15 is 0 Å². The van der Waals surface area contributed by atoms with Crippen LogP contribution in [-0.4, -0.2) is 26.8 Å². The number of carbonyl (C=O) groups is 1. The Morgan fingerprint density at radius 1 is 1.26 bits per heavy atom. The molecule has 2 N–H and O–H groups in total. The summed E-state index contributed by atoms with van der Waals surface area (Å²) in [5.74, 6) is 1.14. The number of rotatable bonds is 5. The number of ether oxygens (including phenoxy) is 1. The molecular weight excluding hydrogens is 388 g/mol. The maximum absolute atomic E-state index is 13.5. The zero-order valence-corrected chi connectivity index (χ0v) is 18.3. The maximum atomic E-state index is 13.5. The average molecular weight is 417 g/mol. The van der Waals surface area contributed by atoms with E-state index in [-0.39, 0.29) is 18.1 Å². The highest BCUT2D eigenvalue weighted by molar-refractivity contribution is 5.99. The number of hydrogen-bond donors (Lipinski definition) is 1. The highest BCUT2D eigenvalue weighted by Gasteiger charge is 2.27. The first-order valence-electron chi connectivity index (χ1n) is 11.0. The summed E-state index contributed by atoms with van der Waals surface area (Å²) in [4.78, 5) is 24.5. The molecule has 1 saturated carbocycles. The van der Waals surface area contributed by atoms with Gasteiger partial charge in [-0.25, -0.2) is 4.98 Å². The van der Waals surface area contributed by atoms with Gasteiger partial charge in [0.05, 0.1) is 18.2 Å². The molecule has 2 aromatic heterocycles. The lowest BCUT2D eigenvalue weighted by atomic mass is 10.00. The minimum absolute atomic E-state index is 0.000656. The van der Waals surface area contributed by atoms with Crippen molar-refractivity contribution in [1.82, 2.24) is 14.9 Å². The molecule has 0 bridgehead atoms. The Bertz CT molecular complexity index is 1150. The number of aromatic nitrogens is 2. The molecule has 0 radical (unpaired) electrons. The van der Waals surface area contributed by atoms with Gasteiger partial charge in [-0.1, -0.05) is 6.07 Å². The largest absolute Gasteiger partial charge is 0.383 e. The third-order valence-electron chi connectivity index (χ3n) is 6.38. The van der Waals surface area contributed by atoms with Crippen molar-refractivity contribution < 1.29 is 9.53 Å². The molecule has 1 aliphatic carbocycles. The molecule has 1 aliphatic heterocycles. The highest BCUT2D eigenvalue weighted by atomic mass is 16.5. The van der Waals surface area contributed by atoms with Crippen molar-refractivity contribution in [3.63, 3.8) is 0 Å². The predicted octanol–water partition coefficient (Wildman–Crippen LogP) is 4.73. The molecule has 6 heteroatoms. The minimum Gasteiger partial charge on any atom is -0.383 e. The van der Waals surface area contributed by atoms with Gasteiger partial charge in [-0.3, -0.25) is 9.78 Å². The van der Waals surface area contributed by atoms with Crippen molar-refractivity contribution in [2.75, 3.05) is 5.73 Å². The monoisotopic (exact) mass is 416 g/mol. The molecule has 3 aromatic rings. The molecule has 1 atom stereocenters. The Morgan fingerprint density at radius 3 is 2.74 bits per heavy atom. The summed E-state index contributed by atoms with van der Waals surface area (Å²) >= 11 is 0. The van der Waals surface area contributed by atoms with Crippen molar-refractivity contribution in [1.29, 1.82) is 0 Å². The number of anilines is 1. The van der Waals surface area contributed by atoms with E-state index in [1.165, 1.54) is 12.8 Å². The molecule has 0 spiro atoms. The molecule has 160 valence electrons. The molecule has 31 heavy (non-hydrogen) atoms. The van der Waals surface area contributed by atoms with Crippen LogP contribution in [0, 0.1) is 0 Å². The number of carbonyl (C=O) groups excluding carboxylic acids is 1. The van der Waals surface area contributed by atoms with Gasteiger partial charge in [0, 0.05) is 46.9 Å². The molecule has 3 heterocycles. The minimum atomic E-state index is -0.0791. The van der Waals surface area contributed by atoms with E-state index < -0.39 is 0 Å². The van der Waals surface area contributed by atoms with Gasteiger partial charge in [-0.15, -0.1) is 0 Å². The number of benzene rings is 1. The zero-order valence-electron chi connectivity index (χ0n) is 18.3. The van der Waals surface area contributed by atoms with Crippen LogP contribution in [0.15, 0.2) is 36.5 Å². The quantitative estimate of drug-likeness (QED) is 0.650. The lowest BCUT2D eigenvalue weighted by molar-refractivity contribution is 0.0690. The summed E-state index contributed by atoms with van der Waals surface area (Å²) < 4.78 is 5.79. The Hall–Kier alpha value is -2.99. The van der Waals surface area contributed by atoms with Gasteiger partial charge in [0.15, 0.2) is 0 Å². The number of nitrogens with zero attached hydrogens (tertiary/aromatic N) is 3. The summed E-state index contributed by atoms with van der Waals surface area (Å²) in [6.45, 7) is 7.09. The van der Waals surface area contributed by atoms with Crippen LogP contribution in [0.2, 0.25) is 0 Å². The van der Waals surface area contributed by atoms with Gasteiger partial charge in [-0.2, -0.15) is 0 Å². The second kappa shape index (κ2) is 7.61. The van der Waals surface area contributed by atoms with Crippen molar-refractivity contribution in [3.05, 3.63) is 64.5 Å². The fourth-order valence-corrected chi connectivity index (χ4v) is 4.40. The third kappa shape index (κ3) is 3.65. The number of fused-ring (bicyclic) bond motifs is 3. The first-order chi connectivity index (χ1) is 14.9. The molecule has 1 amide bonds. The van der Waals surface area contributed by atoms with Gasteiger partial charge in [0.2, 0.25) is 0 Å². The van der Waals surface area contributed by atoms with Crippen LogP contribution in [0.25, 0.3) is 10.9 Å². The molecule has 5 rings (SSSR count). The van der Waals surface area contributed by atoms with E-state index in [2.05, 4.69) is 22.1 Å². The third-order valence-corrected chi connectivity index (χ3v) is 6.38. The zero-order chi connectivity index (χ0) is 21.7. The maximum Gasteiger partial charge on any atom is 0.254 e. The number of amides is 1. The second-order valence-electron chi connectivity index (χ2n) is 8.97. The van der Waals surface area contributed by atoms with E-state index in [4.69, 9.17) is 10.5 Å². The lowest BCUT2D eigenvalue weighted by Gasteiger charge is -2.27. The summed E-state index contributed by atoms with van der Waals surface area (Å²) in [5, 5.41) is 0.943. The van der Waals surface area contributed by atoms with Crippen LogP contribution in [0.4, 0.5) is 5.82 Å². The summed E-state index contributed by atoms with van der Waals surface area (Å²) in [6, 6.07) is 9.92. The van der Waals surface area contributed by atoms with Gasteiger partial charge in [0.1, 0.15) is 5.82 Å². The van der Waals surface area contributed by atoms with Crippen molar-refractivity contribution in [2.24, 2.45) is 0 Å². The fourth-order valence-electron chi connectivity index (χ4n) is 4.40. The van der Waals surface area contributed by atoms with Crippen LogP contribution < -0.4 is 5.73 Å². The number of pyridine rings is 2. The topological polar surface area (TPSA) is 81.3 Å². The summed E-state index contributed by atoms with van der Waals surface area (Å²) in [7, 11) is 0. The smallest absolute Gasteiger partial charge is 0.254 e. The van der Waals surface area contributed by atoms with Crippen LogP contribution in [0.3, 0.4) is 0 Å². The summed E-state index contributed by atoms with van der Waals surface area (Å²) in [5.41, 5.74) is 11.8. The lowest BCUT2D eigenvalue weighted by Crippen LogP contribution is -2.36. The van der Waals surface area contributed by atoms with Gasteiger partial charge in [-0.05, 0) is 69.0 Å². The molecule has 2 aliphatic rings. The molecule has 1 aromatic carbocycles. The van der Waals surface area contributed by atoms with Gasteiger partial charge < -0.3 is 15.4 Å². The van der Waals surface area contributed by atoms with Crippen molar-refractivity contribution in [3.8, 4) is 0 Å². The number of nitrogen functional groups attached to an aromatic ring is 1. The van der Waals surface area contributed by atoms with E-state index in [1.807, 2.05) is 50.1 Å². The van der Waals surface area contributed by atoms with E-state index in [0.29, 0.717) is 30.5 Å². The molecular formula is C25H28N4O2. The standard InChI is InChI=1S/C25H28N4O2/c1-14(2)29(12-16-4-8-21(27-11-16)17-5-6-17)25(30)18-7-9-22-19(10-18)20-13-31-15(3)23(20)24(26)28-22/h4,7-11,14-15,17H,5-6,12-13H2,1-3H3,(H2,26,28)/t15-/m1/s1. The second-order valence-corrected chi connectivity index (χ2v) is 8.97. The Kier molecular flexibility index (Phi) is 4.89. The fraction of sp³-hybridized carbons (Fsp3) is 0.400. The SMILES string of the molecule is CC(C)N(Cc1ccc(C2CC2)nc1)C(=O)c1ccc2nc(N)c3c(c2c1)CO[C@@H]3C. The van der Waals surface area contributed by atoms with E-state index in [0.717, 1.165) is 33.3 Å². The van der Waals surface area contributed by atoms with E-state index in [1.54, 1.807) is 0 Å². The first-order valence-corrected chi connectivity index (χ1v) is 11.0. The van der Waals surface area contributed by atoms with Gasteiger partial charge >= 0.3 is 0 Å². The van der Waals surface area contributed by atoms with Crippen molar-refractivity contribution >= 4 is 22.6 Å². The Balaban J connectivity index is 1.45. The predicted molar refractivity (Wildman–Crippen MR) is 121 cm³/mol. The average Bonchev–Trinajstić information content (AvgIpc) is 3.53. The summed E-state index contributed by atoms with van der Waals surface area (Å²) in [6.07, 6.45) is 4.30. The van der Waals surface area contributed by atoms with Crippen LogP contribution >= 0.6 is 0 Å². The Labute approximate surface area is 182 Å². The first kappa shape index (κ1) is 19.9. The number of hydrogen-bond acceptors (Lipinski definition) is 5. The normalized spacial score (nSPS) is 17.9. The highest BCUT2D eigenvalue weighted by Crippen LogP contribution is 2.39. The van der Waals surface area contributed by atoms with E-state index in [9.17, 15) is 4.79 Å². The molecule has 6 nitrogen and oxygen atoms in total. The Morgan fingerprint density at radius 2 is 2.06 bits per heavy atom. The van der Waals surface area contributed by atoms with Crippen LogP contribution in [-0.2, 0) is 17.9 Å². The molecule has 0 saturated heterocycles. The molecule has 1 fully saturated rings. The number of nitrogens with two attached hydrogens (primary N) is 1. The van der Waals surface area contributed by atoms with Gasteiger partial charge in [0.25, 0.3) is 5.91 Å². The van der Waals surface area contributed by atoms with Crippen LogP contribution in [0.5, 0.6) is 0 Å². The van der Waals surface area contributed by atoms with Crippen molar-refractivity contribution in [2.45, 2.75) is 64.8 Å².